The minimum absolute atomic E-state index is 0.0430. The molecule has 5 rings (SSSR count). The molecule has 0 N–H and O–H groups in total. The predicted molar refractivity (Wildman–Crippen MR) is 119 cm³/mol. The number of oxazole rings is 1. The van der Waals surface area contributed by atoms with Crippen LogP contribution in [0.5, 0.6) is 0 Å². The van der Waals surface area contributed by atoms with Crippen LogP contribution >= 0.6 is 11.6 Å². The second-order valence-electron chi connectivity index (χ2n) is 8.08. The van der Waals surface area contributed by atoms with Gasteiger partial charge in [-0.3, -0.25) is 4.79 Å². The zero-order valence-corrected chi connectivity index (χ0v) is 18.0. The van der Waals surface area contributed by atoms with E-state index in [1.165, 1.54) is 0 Å². The van der Waals surface area contributed by atoms with Gasteiger partial charge < -0.3 is 13.7 Å². The van der Waals surface area contributed by atoms with E-state index in [0.29, 0.717) is 29.6 Å². The van der Waals surface area contributed by atoms with Crippen molar-refractivity contribution < 1.29 is 9.21 Å². The number of hydrogen-bond acceptors (Lipinski definition) is 4. The average Bonchev–Trinajstić information content (AvgIpc) is 3.41. The van der Waals surface area contributed by atoms with E-state index in [9.17, 15) is 4.79 Å². The highest BCUT2D eigenvalue weighted by Gasteiger charge is 2.29. The van der Waals surface area contributed by atoms with Crippen LogP contribution in [0.15, 0.2) is 59.3 Å². The number of nitrogens with zero attached hydrogens (tertiary/aromatic N) is 4. The molecule has 1 amide bonds. The number of carbonyl (C=O) groups is 1. The average molecular weight is 435 g/mol. The maximum absolute atomic E-state index is 13.1. The van der Waals surface area contributed by atoms with Crippen molar-refractivity contribution in [2.75, 3.05) is 13.1 Å². The maximum Gasteiger partial charge on any atom is 0.274 e. The number of halogens is 1. The van der Waals surface area contributed by atoms with Gasteiger partial charge in [0.15, 0.2) is 5.89 Å². The fourth-order valence-corrected chi connectivity index (χ4v) is 4.43. The second-order valence-corrected chi connectivity index (χ2v) is 8.52. The Bertz CT molecular complexity index is 1250. The first-order chi connectivity index (χ1) is 15.1. The summed E-state index contributed by atoms with van der Waals surface area (Å²) in [7, 11) is 0. The van der Waals surface area contributed by atoms with Crippen molar-refractivity contribution in [2.45, 2.75) is 32.1 Å². The van der Waals surface area contributed by atoms with Crippen molar-refractivity contribution in [1.29, 1.82) is 0 Å². The van der Waals surface area contributed by atoms with Crippen molar-refractivity contribution in [2.24, 2.45) is 0 Å². The van der Waals surface area contributed by atoms with Gasteiger partial charge >= 0.3 is 0 Å². The molecule has 0 saturated carbocycles. The highest BCUT2D eigenvalue weighted by molar-refractivity contribution is 6.30. The summed E-state index contributed by atoms with van der Waals surface area (Å²) in [6.07, 6.45) is 6.11. The van der Waals surface area contributed by atoms with E-state index in [2.05, 4.69) is 9.97 Å². The van der Waals surface area contributed by atoms with E-state index < -0.39 is 0 Å². The lowest BCUT2D eigenvalue weighted by Crippen LogP contribution is -2.39. The third-order valence-corrected chi connectivity index (χ3v) is 6.05. The van der Waals surface area contributed by atoms with Gasteiger partial charge in [0.2, 0.25) is 0 Å². The SMILES string of the molecule is Cc1cccc2nc(C(=O)N3CCCC(c4ncc(Cc5cccc(Cl)c5)o4)C3)cn12. The Labute approximate surface area is 185 Å². The molecule has 0 spiro atoms. The third kappa shape index (κ3) is 4.08. The summed E-state index contributed by atoms with van der Waals surface area (Å²) in [4.78, 5) is 24.0. The second kappa shape index (κ2) is 8.19. The first kappa shape index (κ1) is 19.8. The topological polar surface area (TPSA) is 63.6 Å². The van der Waals surface area contributed by atoms with Gasteiger partial charge in [-0.25, -0.2) is 9.97 Å². The molecule has 0 radical (unpaired) electrons. The van der Waals surface area contributed by atoms with E-state index in [-0.39, 0.29) is 11.8 Å². The molecule has 1 fully saturated rings. The molecule has 31 heavy (non-hydrogen) atoms. The molecule has 6 nitrogen and oxygen atoms in total. The van der Waals surface area contributed by atoms with Crippen molar-refractivity contribution in [3.63, 3.8) is 0 Å². The Morgan fingerprint density at radius 1 is 1.26 bits per heavy atom. The number of amides is 1. The molecule has 1 aliphatic heterocycles. The van der Waals surface area contributed by atoms with Gasteiger partial charge in [-0.2, -0.15) is 0 Å². The van der Waals surface area contributed by atoms with Gasteiger partial charge in [0.05, 0.1) is 12.1 Å². The largest absolute Gasteiger partial charge is 0.445 e. The summed E-state index contributed by atoms with van der Waals surface area (Å²) < 4.78 is 8.00. The molecule has 0 aliphatic carbocycles. The molecule has 1 unspecified atom stereocenters. The third-order valence-electron chi connectivity index (χ3n) is 5.81. The number of fused-ring (bicyclic) bond motifs is 1. The lowest BCUT2D eigenvalue weighted by atomic mass is 9.98. The monoisotopic (exact) mass is 434 g/mol. The summed E-state index contributed by atoms with van der Waals surface area (Å²) in [6, 6.07) is 13.6. The summed E-state index contributed by atoms with van der Waals surface area (Å²) in [6.45, 7) is 3.31. The minimum Gasteiger partial charge on any atom is -0.445 e. The lowest BCUT2D eigenvalue weighted by Gasteiger charge is -2.30. The van der Waals surface area contributed by atoms with Crippen LogP contribution < -0.4 is 0 Å². The van der Waals surface area contributed by atoms with Crippen molar-refractivity contribution >= 4 is 23.2 Å². The van der Waals surface area contributed by atoms with Gasteiger partial charge in [-0.05, 0) is 49.6 Å². The standard InChI is InChI=1S/C24H23ClN4O2/c1-16-5-2-9-22-27-21(15-29(16)22)24(30)28-10-4-7-18(14-28)23-26-13-20(31-23)12-17-6-3-8-19(25)11-17/h2-3,5-6,8-9,11,13,15,18H,4,7,10,12,14H2,1H3. The lowest BCUT2D eigenvalue weighted by molar-refractivity contribution is 0.0692. The normalized spacial score (nSPS) is 16.7. The molecule has 1 aromatic carbocycles. The van der Waals surface area contributed by atoms with Crippen LogP contribution in [-0.2, 0) is 6.42 Å². The number of aryl methyl sites for hydroxylation is 1. The maximum atomic E-state index is 13.1. The van der Waals surface area contributed by atoms with Gasteiger partial charge in [0.25, 0.3) is 5.91 Å². The predicted octanol–water partition coefficient (Wildman–Crippen LogP) is 4.89. The zero-order valence-electron chi connectivity index (χ0n) is 17.3. The van der Waals surface area contributed by atoms with E-state index in [0.717, 1.165) is 42.1 Å². The molecule has 3 aromatic heterocycles. The number of benzene rings is 1. The molecule has 7 heteroatoms. The van der Waals surface area contributed by atoms with Crippen LogP contribution in [0.2, 0.25) is 5.02 Å². The molecule has 0 bridgehead atoms. The summed E-state index contributed by atoms with van der Waals surface area (Å²) >= 11 is 6.08. The molecular weight excluding hydrogens is 412 g/mol. The number of carbonyl (C=O) groups excluding carboxylic acids is 1. The number of rotatable bonds is 4. The molecule has 1 atom stereocenters. The highest BCUT2D eigenvalue weighted by Crippen LogP contribution is 2.28. The molecule has 4 heterocycles. The van der Waals surface area contributed by atoms with Crippen molar-refractivity contribution in [3.05, 3.63) is 88.5 Å². The fourth-order valence-electron chi connectivity index (χ4n) is 4.22. The van der Waals surface area contributed by atoms with E-state index in [1.54, 1.807) is 6.20 Å². The Hall–Kier alpha value is -3.12. The number of piperidine rings is 1. The Morgan fingerprint density at radius 2 is 2.13 bits per heavy atom. The number of aromatic nitrogens is 3. The van der Waals surface area contributed by atoms with Crippen LogP contribution in [0.3, 0.4) is 0 Å². The first-order valence-electron chi connectivity index (χ1n) is 10.5. The first-order valence-corrected chi connectivity index (χ1v) is 10.9. The molecule has 1 saturated heterocycles. The van der Waals surface area contributed by atoms with Crippen molar-refractivity contribution in [1.82, 2.24) is 19.3 Å². The Kier molecular flexibility index (Phi) is 5.24. The molecule has 4 aromatic rings. The minimum atomic E-state index is -0.0430. The van der Waals surface area contributed by atoms with Gasteiger partial charge in [-0.1, -0.05) is 29.8 Å². The molecule has 158 valence electrons. The van der Waals surface area contributed by atoms with Crippen LogP contribution in [0, 0.1) is 6.92 Å². The number of hydrogen-bond donors (Lipinski definition) is 0. The quantitative estimate of drug-likeness (QED) is 0.458. The van der Waals surface area contributed by atoms with Crippen LogP contribution in [0.4, 0.5) is 0 Å². The Balaban J connectivity index is 1.30. The fraction of sp³-hybridized carbons (Fsp3) is 0.292. The molecular formula is C24H23ClN4O2. The summed E-state index contributed by atoms with van der Waals surface area (Å²) in [5.74, 6) is 1.54. The van der Waals surface area contributed by atoms with Crippen molar-refractivity contribution in [3.8, 4) is 0 Å². The van der Waals surface area contributed by atoms with Crippen LogP contribution in [0.1, 0.15) is 52.2 Å². The van der Waals surface area contributed by atoms with E-state index >= 15 is 0 Å². The summed E-state index contributed by atoms with van der Waals surface area (Å²) in [5, 5.41) is 0.709. The van der Waals surface area contributed by atoms with Gasteiger partial charge in [-0.15, -0.1) is 0 Å². The van der Waals surface area contributed by atoms with Gasteiger partial charge in [0, 0.05) is 36.4 Å². The summed E-state index contributed by atoms with van der Waals surface area (Å²) in [5.41, 5.74) is 3.39. The number of pyridine rings is 1. The zero-order chi connectivity index (χ0) is 21.4. The molecule has 1 aliphatic rings. The van der Waals surface area contributed by atoms with E-state index in [1.807, 2.05) is 64.9 Å². The highest BCUT2D eigenvalue weighted by atomic mass is 35.5. The Morgan fingerprint density at radius 3 is 2.97 bits per heavy atom. The van der Waals surface area contributed by atoms with E-state index in [4.69, 9.17) is 16.0 Å². The number of likely N-dealkylation sites (tertiary alicyclic amines) is 1. The van der Waals surface area contributed by atoms with Crippen LogP contribution in [0.25, 0.3) is 5.65 Å². The van der Waals surface area contributed by atoms with Gasteiger partial charge in [0.1, 0.15) is 17.1 Å². The smallest absolute Gasteiger partial charge is 0.274 e. The number of imidazole rings is 1. The van der Waals surface area contributed by atoms with Crippen LogP contribution in [-0.4, -0.2) is 38.3 Å².